The van der Waals surface area contributed by atoms with E-state index in [9.17, 15) is 4.79 Å². The molecule has 1 aliphatic heterocycles. The number of hydrogen-bond donors (Lipinski definition) is 1. The van der Waals surface area contributed by atoms with Crippen LogP contribution >= 0.6 is 11.8 Å². The van der Waals surface area contributed by atoms with Gasteiger partial charge in [0.15, 0.2) is 0 Å². The molecule has 1 aromatic carbocycles. The van der Waals surface area contributed by atoms with Crippen molar-refractivity contribution in [3.8, 4) is 5.75 Å². The second-order valence-electron chi connectivity index (χ2n) is 8.94. The van der Waals surface area contributed by atoms with Crippen LogP contribution < -0.4 is 10.1 Å². The van der Waals surface area contributed by atoms with Gasteiger partial charge in [-0.2, -0.15) is 0 Å². The van der Waals surface area contributed by atoms with Gasteiger partial charge in [-0.25, -0.2) is 4.79 Å². The van der Waals surface area contributed by atoms with Crippen molar-refractivity contribution in [2.24, 2.45) is 11.8 Å². The van der Waals surface area contributed by atoms with Gasteiger partial charge in [0, 0.05) is 18.5 Å². The molecular weight excluding hydrogens is 396 g/mol. The van der Waals surface area contributed by atoms with E-state index in [1.807, 2.05) is 35.2 Å². The molecule has 6 heteroatoms. The quantitative estimate of drug-likeness (QED) is 0.573. The second-order valence-corrected chi connectivity index (χ2v) is 9.81. The molecule has 1 amide bonds. The van der Waals surface area contributed by atoms with Crippen molar-refractivity contribution in [2.45, 2.75) is 70.6 Å². The smallest absolute Gasteiger partial charge is 0.410 e. The van der Waals surface area contributed by atoms with Crippen LogP contribution in [-0.2, 0) is 4.74 Å². The van der Waals surface area contributed by atoms with E-state index in [1.165, 1.54) is 12.8 Å². The molecule has 1 aromatic rings. The highest BCUT2D eigenvalue weighted by Gasteiger charge is 2.36. The number of amides is 1. The van der Waals surface area contributed by atoms with Crippen molar-refractivity contribution in [3.63, 3.8) is 0 Å². The van der Waals surface area contributed by atoms with E-state index in [-0.39, 0.29) is 18.2 Å². The third-order valence-corrected chi connectivity index (χ3v) is 7.07. The fourth-order valence-electron chi connectivity index (χ4n) is 4.72. The molecule has 1 heterocycles. The van der Waals surface area contributed by atoms with E-state index in [1.54, 1.807) is 11.8 Å². The van der Waals surface area contributed by atoms with Crippen molar-refractivity contribution in [2.75, 3.05) is 25.3 Å². The zero-order valence-corrected chi connectivity index (χ0v) is 19.5. The normalized spacial score (nSPS) is 27.3. The molecule has 0 aromatic heterocycles. The lowest BCUT2D eigenvalue weighted by atomic mass is 9.80. The first kappa shape index (κ1) is 23.4. The van der Waals surface area contributed by atoms with Crippen LogP contribution in [0.25, 0.3) is 0 Å². The van der Waals surface area contributed by atoms with E-state index < -0.39 is 0 Å². The molecule has 168 valence electrons. The third-order valence-electron chi connectivity index (χ3n) is 6.62. The average molecular weight is 435 g/mol. The molecule has 2 fully saturated rings. The lowest BCUT2D eigenvalue weighted by Gasteiger charge is -2.41. The Hall–Kier alpha value is -1.24. The highest BCUT2D eigenvalue weighted by molar-refractivity contribution is 7.98. The van der Waals surface area contributed by atoms with Gasteiger partial charge in [0.2, 0.25) is 0 Å². The number of carbonyl (C=O) groups is 1. The van der Waals surface area contributed by atoms with Crippen LogP contribution in [0.2, 0.25) is 0 Å². The Morgan fingerprint density at radius 1 is 1.17 bits per heavy atom. The van der Waals surface area contributed by atoms with E-state index >= 15 is 0 Å². The van der Waals surface area contributed by atoms with Crippen molar-refractivity contribution in [1.29, 1.82) is 0 Å². The molecule has 0 bridgehead atoms. The van der Waals surface area contributed by atoms with Crippen LogP contribution in [0.15, 0.2) is 30.3 Å². The molecule has 2 aliphatic rings. The largest absolute Gasteiger partial charge is 0.415 e. The Bertz CT molecular complexity index is 635. The third kappa shape index (κ3) is 6.63. The van der Waals surface area contributed by atoms with Crippen LogP contribution in [-0.4, -0.2) is 54.5 Å². The van der Waals surface area contributed by atoms with Crippen LogP contribution in [0.1, 0.15) is 52.4 Å². The number of piperidine rings is 1. The van der Waals surface area contributed by atoms with Crippen LogP contribution in [0, 0.1) is 11.8 Å². The number of para-hydroxylation sites is 1. The first-order valence-corrected chi connectivity index (χ1v) is 12.8. The van der Waals surface area contributed by atoms with E-state index in [2.05, 4.69) is 25.4 Å². The molecule has 30 heavy (non-hydrogen) atoms. The van der Waals surface area contributed by atoms with Gasteiger partial charge in [0.25, 0.3) is 0 Å². The Kier molecular flexibility index (Phi) is 9.34. The molecular formula is C24H38N2O3S. The first-order valence-electron chi connectivity index (χ1n) is 11.5. The summed E-state index contributed by atoms with van der Waals surface area (Å²) in [5.74, 6) is 3.05. The molecule has 1 saturated carbocycles. The van der Waals surface area contributed by atoms with Gasteiger partial charge < -0.3 is 19.7 Å². The predicted octanol–water partition coefficient (Wildman–Crippen LogP) is 5.16. The Balaban J connectivity index is 1.61. The summed E-state index contributed by atoms with van der Waals surface area (Å²) in [6.45, 7) is 5.95. The van der Waals surface area contributed by atoms with E-state index in [0.717, 1.165) is 49.9 Å². The summed E-state index contributed by atoms with van der Waals surface area (Å²) in [6.07, 6.45) is 8.94. The lowest BCUT2D eigenvalue weighted by molar-refractivity contribution is -0.0293. The molecule has 2 atom stereocenters. The van der Waals surface area contributed by atoms with Gasteiger partial charge in [-0.1, -0.05) is 32.0 Å². The molecule has 1 saturated heterocycles. The maximum atomic E-state index is 13.0. The second kappa shape index (κ2) is 12.0. The zero-order chi connectivity index (χ0) is 21.3. The number of benzene rings is 1. The monoisotopic (exact) mass is 434 g/mol. The first-order chi connectivity index (χ1) is 14.6. The number of thioether (sulfide) groups is 1. The minimum atomic E-state index is -0.269. The fraction of sp³-hybridized carbons (Fsp3) is 0.708. The fourth-order valence-corrected chi connectivity index (χ4v) is 5.10. The summed E-state index contributed by atoms with van der Waals surface area (Å²) in [5.41, 5.74) is 0. The summed E-state index contributed by atoms with van der Waals surface area (Å²) in [4.78, 5) is 14.9. The van der Waals surface area contributed by atoms with E-state index in [4.69, 9.17) is 9.47 Å². The lowest BCUT2D eigenvalue weighted by Crippen LogP contribution is -2.58. The van der Waals surface area contributed by atoms with E-state index in [0.29, 0.717) is 18.5 Å². The van der Waals surface area contributed by atoms with Crippen molar-refractivity contribution in [1.82, 2.24) is 10.2 Å². The minimum absolute atomic E-state index is 0.00457. The highest BCUT2D eigenvalue weighted by atomic mass is 32.2. The van der Waals surface area contributed by atoms with Crippen LogP contribution in [0.3, 0.4) is 0 Å². The summed E-state index contributed by atoms with van der Waals surface area (Å²) < 4.78 is 12.1. The zero-order valence-electron chi connectivity index (χ0n) is 18.7. The van der Waals surface area contributed by atoms with Gasteiger partial charge in [0.1, 0.15) is 5.75 Å². The predicted molar refractivity (Wildman–Crippen MR) is 124 cm³/mol. The Morgan fingerprint density at radius 2 is 1.90 bits per heavy atom. The number of likely N-dealkylation sites (tertiary alicyclic amines) is 1. The molecule has 0 radical (unpaired) electrons. The van der Waals surface area contributed by atoms with Gasteiger partial charge >= 0.3 is 6.09 Å². The standard InChI is InChI=1S/C24H38N2O3S/c1-18(2)19-11-13-20(14-12-19)28-16-23-22(25-17-30-3)10-7-15-26(23)24(27)29-21-8-5-4-6-9-21/h4-6,8-9,18-20,22-23,25H,7,10-17H2,1-3H3/t19?,20?,22-,23-/m0/s1. The molecule has 0 spiro atoms. The minimum Gasteiger partial charge on any atom is -0.410 e. The maximum Gasteiger partial charge on any atom is 0.415 e. The summed E-state index contributed by atoms with van der Waals surface area (Å²) in [5, 5.41) is 3.61. The molecule has 0 unspecified atom stereocenters. The molecule has 3 rings (SSSR count). The number of rotatable bonds is 8. The van der Waals surface area contributed by atoms with Crippen LogP contribution in [0.5, 0.6) is 5.75 Å². The summed E-state index contributed by atoms with van der Waals surface area (Å²) in [7, 11) is 0. The number of nitrogens with zero attached hydrogens (tertiary/aromatic N) is 1. The number of nitrogens with one attached hydrogen (secondary N) is 1. The number of ether oxygens (including phenoxy) is 2. The van der Waals surface area contributed by atoms with Crippen molar-refractivity contribution in [3.05, 3.63) is 30.3 Å². The summed E-state index contributed by atoms with van der Waals surface area (Å²) >= 11 is 1.77. The number of carbonyl (C=O) groups excluding carboxylic acids is 1. The van der Waals surface area contributed by atoms with Gasteiger partial charge in [-0.3, -0.25) is 0 Å². The topological polar surface area (TPSA) is 50.8 Å². The van der Waals surface area contributed by atoms with Gasteiger partial charge in [-0.15, -0.1) is 11.8 Å². The Morgan fingerprint density at radius 3 is 2.57 bits per heavy atom. The highest BCUT2D eigenvalue weighted by Crippen LogP contribution is 2.32. The molecule has 1 aliphatic carbocycles. The molecule has 1 N–H and O–H groups in total. The molecule has 5 nitrogen and oxygen atoms in total. The average Bonchev–Trinajstić information content (AvgIpc) is 2.77. The SMILES string of the molecule is CSCN[C@H]1CCCN(C(=O)Oc2ccccc2)[C@H]1COC1CCC(C(C)C)CC1. The van der Waals surface area contributed by atoms with Gasteiger partial charge in [-0.05, 0) is 68.7 Å². The maximum absolute atomic E-state index is 13.0. The summed E-state index contributed by atoms with van der Waals surface area (Å²) in [6, 6.07) is 9.58. The van der Waals surface area contributed by atoms with Crippen molar-refractivity contribution < 1.29 is 14.3 Å². The Labute approximate surface area is 186 Å². The van der Waals surface area contributed by atoms with Gasteiger partial charge in [0.05, 0.1) is 18.8 Å². The number of hydrogen-bond acceptors (Lipinski definition) is 5. The van der Waals surface area contributed by atoms with Crippen molar-refractivity contribution >= 4 is 17.9 Å². The van der Waals surface area contributed by atoms with Crippen LogP contribution in [0.4, 0.5) is 4.79 Å².